The van der Waals surface area contributed by atoms with E-state index in [1.165, 1.54) is 0 Å². The van der Waals surface area contributed by atoms with Crippen LogP contribution in [0.1, 0.15) is 33.2 Å². The van der Waals surface area contributed by atoms with Crippen LogP contribution in [0, 0.1) is 13.8 Å². The van der Waals surface area contributed by atoms with Crippen molar-refractivity contribution in [3.8, 4) is 11.5 Å². The molecule has 30 heavy (non-hydrogen) atoms. The van der Waals surface area contributed by atoms with Crippen molar-refractivity contribution in [3.05, 3.63) is 89.0 Å². The lowest BCUT2D eigenvalue weighted by molar-refractivity contribution is -0.125. The summed E-state index contributed by atoms with van der Waals surface area (Å²) in [5.74, 6) is -0.0165. The fraction of sp³-hybridized carbons (Fsp3) is 0.167. The van der Waals surface area contributed by atoms with Crippen LogP contribution in [0.15, 0.2) is 66.7 Å². The van der Waals surface area contributed by atoms with E-state index in [9.17, 15) is 9.59 Å². The average molecular weight is 403 g/mol. The van der Waals surface area contributed by atoms with E-state index in [-0.39, 0.29) is 12.4 Å². The Bertz CT molecular complexity index is 1070. The van der Waals surface area contributed by atoms with E-state index in [1.807, 2.05) is 38.1 Å². The number of nitrogens with one attached hydrogen (secondary N) is 1. The molecular weight excluding hydrogens is 382 g/mol. The van der Waals surface area contributed by atoms with Crippen molar-refractivity contribution in [3.63, 3.8) is 0 Å². The van der Waals surface area contributed by atoms with Crippen molar-refractivity contribution >= 4 is 17.6 Å². The Morgan fingerprint density at radius 1 is 0.900 bits per heavy atom. The first-order chi connectivity index (χ1) is 14.5. The van der Waals surface area contributed by atoms with Gasteiger partial charge in [-0.2, -0.15) is 0 Å². The van der Waals surface area contributed by atoms with E-state index in [2.05, 4.69) is 5.32 Å². The maximum atomic E-state index is 13.1. The number of ether oxygens (including phenoxy) is 3. The predicted molar refractivity (Wildman–Crippen MR) is 112 cm³/mol. The second kappa shape index (κ2) is 8.29. The van der Waals surface area contributed by atoms with E-state index in [0.717, 1.165) is 11.1 Å². The molecule has 152 valence electrons. The number of anilines is 1. The van der Waals surface area contributed by atoms with Gasteiger partial charge in [0.1, 0.15) is 0 Å². The van der Waals surface area contributed by atoms with Crippen LogP contribution in [0.4, 0.5) is 5.69 Å². The fourth-order valence-electron chi connectivity index (χ4n) is 3.35. The maximum absolute atomic E-state index is 13.1. The molecule has 0 aliphatic carbocycles. The van der Waals surface area contributed by atoms with E-state index in [1.54, 1.807) is 42.5 Å². The second-order valence-corrected chi connectivity index (χ2v) is 7.13. The summed E-state index contributed by atoms with van der Waals surface area (Å²) in [6.45, 7) is 4.02. The number of amides is 1. The zero-order chi connectivity index (χ0) is 21.1. The Morgan fingerprint density at radius 2 is 1.60 bits per heavy atom. The zero-order valence-electron chi connectivity index (χ0n) is 16.7. The highest BCUT2D eigenvalue weighted by molar-refractivity contribution is 5.98. The van der Waals surface area contributed by atoms with Gasteiger partial charge in [-0.1, -0.05) is 36.4 Å². The third kappa shape index (κ3) is 4.27. The minimum Gasteiger partial charge on any atom is -0.454 e. The highest BCUT2D eigenvalue weighted by Gasteiger charge is 2.27. The summed E-state index contributed by atoms with van der Waals surface area (Å²) in [4.78, 5) is 25.9. The quantitative estimate of drug-likeness (QED) is 0.632. The maximum Gasteiger partial charge on any atom is 0.339 e. The van der Waals surface area contributed by atoms with Crippen LogP contribution in [0.25, 0.3) is 0 Å². The van der Waals surface area contributed by atoms with E-state index in [0.29, 0.717) is 22.7 Å². The van der Waals surface area contributed by atoms with Gasteiger partial charge in [-0.15, -0.1) is 0 Å². The molecule has 1 amide bonds. The first kappa shape index (κ1) is 19.5. The molecule has 0 aromatic heterocycles. The van der Waals surface area contributed by atoms with Crippen LogP contribution in [0.3, 0.4) is 0 Å². The summed E-state index contributed by atoms with van der Waals surface area (Å²) < 4.78 is 16.2. The third-order valence-corrected chi connectivity index (χ3v) is 4.66. The van der Waals surface area contributed by atoms with Crippen LogP contribution in [0.2, 0.25) is 0 Å². The molecule has 4 rings (SSSR count). The highest BCUT2D eigenvalue weighted by atomic mass is 16.7. The van der Waals surface area contributed by atoms with Crippen molar-refractivity contribution in [2.45, 2.75) is 20.0 Å². The van der Waals surface area contributed by atoms with Crippen molar-refractivity contribution in [2.24, 2.45) is 0 Å². The van der Waals surface area contributed by atoms with Gasteiger partial charge < -0.3 is 19.5 Å². The minimum absolute atomic E-state index is 0.110. The highest BCUT2D eigenvalue weighted by Crippen LogP contribution is 2.33. The lowest BCUT2D eigenvalue weighted by Crippen LogP contribution is -2.26. The van der Waals surface area contributed by atoms with Gasteiger partial charge in [0, 0.05) is 11.3 Å². The van der Waals surface area contributed by atoms with Gasteiger partial charge in [0.2, 0.25) is 12.9 Å². The Kier molecular flexibility index (Phi) is 5.39. The summed E-state index contributed by atoms with van der Waals surface area (Å²) >= 11 is 0. The van der Waals surface area contributed by atoms with Crippen molar-refractivity contribution in [1.82, 2.24) is 0 Å². The summed E-state index contributed by atoms with van der Waals surface area (Å²) in [6.07, 6.45) is -1.11. The third-order valence-electron chi connectivity index (χ3n) is 4.66. The van der Waals surface area contributed by atoms with Crippen molar-refractivity contribution in [2.75, 3.05) is 12.1 Å². The molecular formula is C24H21NO5. The number of rotatable bonds is 5. The van der Waals surface area contributed by atoms with Crippen LogP contribution in [-0.4, -0.2) is 18.7 Å². The SMILES string of the molecule is Cc1cc(C)cc(NC(=O)C(OC(=O)c2ccc3c(c2)OCO3)c2ccccc2)c1. The normalized spacial score (nSPS) is 12.9. The van der Waals surface area contributed by atoms with Gasteiger partial charge in [0.05, 0.1) is 5.56 Å². The molecule has 0 fully saturated rings. The van der Waals surface area contributed by atoms with E-state index in [4.69, 9.17) is 14.2 Å². The Balaban J connectivity index is 1.58. The lowest BCUT2D eigenvalue weighted by Gasteiger charge is -2.18. The Labute approximate surface area is 174 Å². The number of carbonyl (C=O) groups is 2. The molecule has 1 N–H and O–H groups in total. The molecule has 1 aliphatic rings. The molecule has 1 aliphatic heterocycles. The lowest BCUT2D eigenvalue weighted by atomic mass is 10.1. The number of hydrogen-bond acceptors (Lipinski definition) is 5. The van der Waals surface area contributed by atoms with Crippen LogP contribution < -0.4 is 14.8 Å². The second-order valence-electron chi connectivity index (χ2n) is 7.13. The van der Waals surface area contributed by atoms with Gasteiger partial charge in [-0.05, 0) is 55.3 Å². The average Bonchev–Trinajstić information content (AvgIpc) is 3.19. The molecule has 1 unspecified atom stereocenters. The Morgan fingerprint density at radius 3 is 2.33 bits per heavy atom. The topological polar surface area (TPSA) is 73.9 Å². The Hall–Kier alpha value is -3.80. The number of aryl methyl sites for hydroxylation is 2. The van der Waals surface area contributed by atoms with Crippen LogP contribution >= 0.6 is 0 Å². The molecule has 0 saturated heterocycles. The van der Waals surface area contributed by atoms with E-state index < -0.39 is 18.0 Å². The molecule has 0 radical (unpaired) electrons. The standard InChI is InChI=1S/C24H21NO5/c1-15-10-16(2)12-19(11-15)25-23(26)22(17-6-4-3-5-7-17)30-24(27)18-8-9-20-21(13-18)29-14-28-20/h3-13,22H,14H2,1-2H3,(H,25,26). The number of fused-ring (bicyclic) bond motifs is 1. The number of benzene rings is 3. The smallest absolute Gasteiger partial charge is 0.339 e. The number of hydrogen-bond donors (Lipinski definition) is 1. The predicted octanol–water partition coefficient (Wildman–Crippen LogP) is 4.57. The van der Waals surface area contributed by atoms with Gasteiger partial charge >= 0.3 is 5.97 Å². The number of carbonyl (C=O) groups excluding carboxylic acids is 2. The minimum atomic E-state index is -1.11. The van der Waals surface area contributed by atoms with Gasteiger partial charge in [-0.25, -0.2) is 4.79 Å². The first-order valence-corrected chi connectivity index (χ1v) is 9.54. The zero-order valence-corrected chi connectivity index (χ0v) is 16.7. The monoisotopic (exact) mass is 403 g/mol. The van der Waals surface area contributed by atoms with Crippen molar-refractivity contribution < 1.29 is 23.8 Å². The summed E-state index contributed by atoms with van der Waals surface area (Å²) in [5.41, 5.74) is 3.56. The molecule has 6 nitrogen and oxygen atoms in total. The fourth-order valence-corrected chi connectivity index (χ4v) is 3.35. The molecule has 0 spiro atoms. The van der Waals surface area contributed by atoms with E-state index >= 15 is 0 Å². The van der Waals surface area contributed by atoms with Gasteiger partial charge in [0.25, 0.3) is 5.91 Å². The molecule has 3 aromatic rings. The van der Waals surface area contributed by atoms with Crippen LogP contribution in [0.5, 0.6) is 11.5 Å². The summed E-state index contributed by atoms with van der Waals surface area (Å²) in [6, 6.07) is 19.4. The van der Waals surface area contributed by atoms with Gasteiger partial charge in [-0.3, -0.25) is 4.79 Å². The molecule has 6 heteroatoms. The summed E-state index contributed by atoms with van der Waals surface area (Å²) in [5, 5.41) is 2.86. The van der Waals surface area contributed by atoms with Crippen molar-refractivity contribution in [1.29, 1.82) is 0 Å². The molecule has 3 aromatic carbocycles. The number of esters is 1. The molecule has 0 saturated carbocycles. The molecule has 1 atom stereocenters. The largest absolute Gasteiger partial charge is 0.454 e. The molecule has 0 bridgehead atoms. The summed E-state index contributed by atoms with van der Waals surface area (Å²) in [7, 11) is 0. The first-order valence-electron chi connectivity index (χ1n) is 9.54. The van der Waals surface area contributed by atoms with Crippen LogP contribution in [-0.2, 0) is 9.53 Å². The van der Waals surface area contributed by atoms with Gasteiger partial charge in [0.15, 0.2) is 11.5 Å². The molecule has 1 heterocycles.